The Hall–Kier alpha value is -6.70. The van der Waals surface area contributed by atoms with E-state index in [-0.39, 0.29) is 6.71 Å². The van der Waals surface area contributed by atoms with Crippen LogP contribution in [0.2, 0.25) is 0 Å². The number of fused-ring (bicyclic) bond motifs is 14. The Morgan fingerprint density at radius 3 is 1.53 bits per heavy atom. The molecule has 6 heteroatoms. The van der Waals surface area contributed by atoms with Crippen molar-refractivity contribution in [2.45, 2.75) is 0 Å². The molecule has 2 aliphatic rings. The van der Waals surface area contributed by atoms with Crippen LogP contribution in [-0.2, 0) is 0 Å². The second-order valence-electron chi connectivity index (χ2n) is 16.0. The van der Waals surface area contributed by atoms with Crippen molar-refractivity contribution in [2.75, 3.05) is 9.80 Å². The Bertz CT molecular complexity index is 3710. The number of nitrogens with zero attached hydrogens (tertiary/aromatic N) is 2. The van der Waals surface area contributed by atoms with Crippen molar-refractivity contribution in [1.29, 1.82) is 0 Å². The summed E-state index contributed by atoms with van der Waals surface area (Å²) in [5.41, 5.74) is 13.9. The molecule has 0 radical (unpaired) electrons. The zero-order chi connectivity index (χ0) is 39.1. The maximum atomic E-state index is 2.58. The van der Waals surface area contributed by atoms with E-state index in [4.69, 9.17) is 0 Å². The van der Waals surface area contributed by atoms with Gasteiger partial charge in [-0.3, -0.25) is 0 Å². The lowest BCUT2D eigenvalue weighted by atomic mass is 9.37. The minimum absolute atomic E-state index is 0.0452. The average Bonchev–Trinajstić information content (AvgIpc) is 4.05. The molecule has 0 atom stereocenters. The first kappa shape index (κ1) is 33.2. The monoisotopic (exact) mass is 814 g/mol. The van der Waals surface area contributed by atoms with Gasteiger partial charge < -0.3 is 9.80 Å². The van der Waals surface area contributed by atoms with Crippen LogP contribution in [0.5, 0.6) is 0 Å². The van der Waals surface area contributed by atoms with E-state index in [0.29, 0.717) is 0 Å². The Morgan fingerprint density at radius 1 is 0.383 bits per heavy atom. The van der Waals surface area contributed by atoms with Gasteiger partial charge in [-0.05, 0) is 106 Å². The third-order valence-electron chi connectivity index (χ3n) is 12.8. The van der Waals surface area contributed by atoms with E-state index in [1.165, 1.54) is 111 Å². The van der Waals surface area contributed by atoms with Gasteiger partial charge in [-0.1, -0.05) is 115 Å². The van der Waals surface area contributed by atoms with Gasteiger partial charge in [-0.25, -0.2) is 0 Å². The van der Waals surface area contributed by atoms with E-state index in [1.807, 2.05) is 34.0 Å². The largest absolute Gasteiger partial charge is 0.311 e. The van der Waals surface area contributed by atoms with Gasteiger partial charge in [0.05, 0.1) is 5.69 Å². The third kappa shape index (κ3) is 4.58. The molecule has 9 aromatic carbocycles. The molecule has 0 amide bonds. The fraction of sp³-hybridized carbons (Fsp3) is 0. The van der Waals surface area contributed by atoms with Crippen LogP contribution in [0.1, 0.15) is 0 Å². The summed E-state index contributed by atoms with van der Waals surface area (Å²) in [5, 5.41) is 7.98. The topological polar surface area (TPSA) is 6.48 Å². The molecule has 3 aromatic heterocycles. The normalized spacial score (nSPS) is 12.9. The highest BCUT2D eigenvalue weighted by Gasteiger charge is 2.45. The van der Waals surface area contributed by atoms with E-state index >= 15 is 0 Å². The van der Waals surface area contributed by atoms with E-state index in [0.717, 1.165) is 11.4 Å². The minimum atomic E-state index is 0.0452. The molecule has 5 heterocycles. The van der Waals surface area contributed by atoms with Gasteiger partial charge in [-0.2, -0.15) is 0 Å². The lowest BCUT2D eigenvalue weighted by molar-refractivity contribution is 1.27. The Balaban J connectivity index is 1.12. The molecule has 0 aliphatic carbocycles. The molecule has 0 N–H and O–H groups in total. The molecular formula is C54H31BN2S3. The maximum absolute atomic E-state index is 2.58. The maximum Gasteiger partial charge on any atom is 0.248 e. The van der Waals surface area contributed by atoms with E-state index in [9.17, 15) is 0 Å². The number of benzene rings is 9. The number of hydrogen-bond acceptors (Lipinski definition) is 5. The van der Waals surface area contributed by atoms with Crippen molar-refractivity contribution in [3.8, 4) is 11.1 Å². The summed E-state index contributed by atoms with van der Waals surface area (Å²) in [6, 6.07) is 70.5. The summed E-state index contributed by atoms with van der Waals surface area (Å²) in [4.78, 5) is 5.05. The highest BCUT2D eigenvalue weighted by Crippen LogP contribution is 2.50. The van der Waals surface area contributed by atoms with E-state index in [2.05, 4.69) is 198 Å². The standard InChI is InChI=1S/C54H31BN2S3/c1-3-13-32(14-4-1)56(33-15-5-2-6-16-33)44-25-26-45-54-53(44)41-30-51-39(36-18-8-11-21-48(36)59-51)28-42(41)55(54)43-29-40-37-19-9-12-22-49(37)60-52(40)31-46(43)57(45)34-23-24-38-35-17-7-10-20-47(35)58-50(38)27-34/h1-31H. The first-order valence-electron chi connectivity index (χ1n) is 20.4. The molecule has 0 spiro atoms. The van der Waals surface area contributed by atoms with Crippen LogP contribution >= 0.6 is 34.0 Å². The fourth-order valence-corrected chi connectivity index (χ4v) is 13.7. The van der Waals surface area contributed by atoms with Gasteiger partial charge >= 0.3 is 0 Å². The van der Waals surface area contributed by atoms with Crippen LogP contribution in [-0.4, -0.2) is 6.71 Å². The predicted octanol–water partition coefficient (Wildman–Crippen LogP) is 14.5. The van der Waals surface area contributed by atoms with Crippen LogP contribution < -0.4 is 26.2 Å². The van der Waals surface area contributed by atoms with Gasteiger partial charge in [0.1, 0.15) is 0 Å². The lowest BCUT2D eigenvalue weighted by Gasteiger charge is -2.37. The third-order valence-corrected chi connectivity index (χ3v) is 16.2. The molecule has 60 heavy (non-hydrogen) atoms. The van der Waals surface area contributed by atoms with Crippen molar-refractivity contribution in [1.82, 2.24) is 0 Å². The minimum Gasteiger partial charge on any atom is -0.311 e. The molecule has 0 fully saturated rings. The van der Waals surface area contributed by atoms with Crippen LogP contribution in [0.25, 0.3) is 71.6 Å². The zero-order valence-electron chi connectivity index (χ0n) is 32.1. The molecular weight excluding hydrogens is 784 g/mol. The Kier molecular flexibility index (Phi) is 6.86. The summed E-state index contributed by atoms with van der Waals surface area (Å²) in [6.07, 6.45) is 0. The Labute approximate surface area is 358 Å². The number of rotatable bonds is 4. The molecule has 0 unspecified atom stereocenters. The molecule has 0 saturated carbocycles. The number of para-hydroxylation sites is 2. The van der Waals surface area contributed by atoms with Crippen molar-refractivity contribution < 1.29 is 0 Å². The zero-order valence-corrected chi connectivity index (χ0v) is 34.5. The summed E-state index contributed by atoms with van der Waals surface area (Å²) in [6.45, 7) is 0.0452. The van der Waals surface area contributed by atoms with Gasteiger partial charge in [0.25, 0.3) is 0 Å². The van der Waals surface area contributed by atoms with Gasteiger partial charge in [0, 0.05) is 83.7 Å². The fourth-order valence-electron chi connectivity index (χ4n) is 10.3. The van der Waals surface area contributed by atoms with Crippen molar-refractivity contribution in [3.63, 3.8) is 0 Å². The van der Waals surface area contributed by atoms with Gasteiger partial charge in [-0.15, -0.1) is 34.0 Å². The lowest BCUT2D eigenvalue weighted by Crippen LogP contribution is -2.54. The predicted molar refractivity (Wildman–Crippen MR) is 265 cm³/mol. The molecule has 278 valence electrons. The molecule has 2 nitrogen and oxygen atoms in total. The van der Waals surface area contributed by atoms with Crippen LogP contribution in [0, 0.1) is 0 Å². The summed E-state index contributed by atoms with van der Waals surface area (Å²) >= 11 is 5.70. The Morgan fingerprint density at radius 2 is 0.900 bits per heavy atom. The van der Waals surface area contributed by atoms with Crippen molar-refractivity contribution in [3.05, 3.63) is 188 Å². The van der Waals surface area contributed by atoms with Crippen molar-refractivity contribution in [2.24, 2.45) is 0 Å². The highest BCUT2D eigenvalue weighted by molar-refractivity contribution is 7.26. The molecule has 12 aromatic rings. The number of anilines is 6. The second kappa shape index (κ2) is 12.4. The summed E-state index contributed by atoms with van der Waals surface area (Å²) in [5.74, 6) is 0. The molecule has 0 saturated heterocycles. The first-order valence-corrected chi connectivity index (χ1v) is 22.9. The van der Waals surface area contributed by atoms with Crippen LogP contribution in [0.15, 0.2) is 188 Å². The van der Waals surface area contributed by atoms with Crippen LogP contribution in [0.3, 0.4) is 0 Å². The SMILES string of the molecule is c1ccc(N(c2ccccc2)c2ccc3c4c2-c2cc5sc6ccccc6c5cc2B4c2cc4c(cc2N3c2ccc3c(c2)sc2ccccc23)sc2ccccc24)cc1. The molecule has 14 rings (SSSR count). The van der Waals surface area contributed by atoms with E-state index < -0.39 is 0 Å². The molecule has 2 aliphatic heterocycles. The summed E-state index contributed by atoms with van der Waals surface area (Å²) in [7, 11) is 0. The quantitative estimate of drug-likeness (QED) is 0.163. The van der Waals surface area contributed by atoms with Crippen molar-refractivity contribution >= 4 is 152 Å². The number of thiophene rings is 3. The van der Waals surface area contributed by atoms with Crippen LogP contribution in [0.4, 0.5) is 34.1 Å². The smallest absolute Gasteiger partial charge is 0.248 e. The second-order valence-corrected chi connectivity index (χ2v) is 19.2. The van der Waals surface area contributed by atoms with Gasteiger partial charge in [0.2, 0.25) is 6.71 Å². The average molecular weight is 815 g/mol. The first-order chi connectivity index (χ1) is 29.7. The summed E-state index contributed by atoms with van der Waals surface area (Å²) < 4.78 is 7.94. The number of hydrogen-bond donors (Lipinski definition) is 0. The van der Waals surface area contributed by atoms with E-state index in [1.54, 1.807) is 0 Å². The van der Waals surface area contributed by atoms with Gasteiger partial charge in [0.15, 0.2) is 0 Å². The highest BCUT2D eigenvalue weighted by atomic mass is 32.1. The molecule has 0 bridgehead atoms.